The number of amides is 2. The van der Waals surface area contributed by atoms with Crippen molar-refractivity contribution in [2.24, 2.45) is 0 Å². The Balaban J connectivity index is 1.49. The molecule has 1 N–H and O–H groups in total. The molecule has 1 fully saturated rings. The second-order valence-electron chi connectivity index (χ2n) is 6.78. The van der Waals surface area contributed by atoms with Crippen LogP contribution in [-0.4, -0.2) is 45.6 Å². The molecule has 2 aromatic rings. The third-order valence-corrected chi connectivity index (χ3v) is 4.90. The molecule has 0 radical (unpaired) electrons. The number of likely N-dealkylation sites (tertiary alicyclic amines) is 1. The number of nitrogens with one attached hydrogen (secondary N) is 1. The van der Waals surface area contributed by atoms with E-state index in [1.165, 1.54) is 12.5 Å². The minimum atomic E-state index is -0.296. The summed E-state index contributed by atoms with van der Waals surface area (Å²) in [5, 5.41) is 7.55. The number of hydrogen-bond acceptors (Lipinski definition) is 3. The van der Waals surface area contributed by atoms with Crippen molar-refractivity contribution in [3.8, 4) is 5.69 Å². The molecule has 0 bridgehead atoms. The Morgan fingerprint density at radius 1 is 1.27 bits per heavy atom. The van der Waals surface area contributed by atoms with E-state index in [-0.39, 0.29) is 17.9 Å². The van der Waals surface area contributed by atoms with Crippen molar-refractivity contribution in [1.82, 2.24) is 20.0 Å². The summed E-state index contributed by atoms with van der Waals surface area (Å²) in [7, 11) is 0. The minimum Gasteiger partial charge on any atom is -0.354 e. The Morgan fingerprint density at radius 2 is 2.04 bits per heavy atom. The molecule has 0 unspecified atom stereocenters. The van der Waals surface area contributed by atoms with Gasteiger partial charge in [-0.1, -0.05) is 18.2 Å². The van der Waals surface area contributed by atoms with Gasteiger partial charge in [-0.3, -0.25) is 9.59 Å². The van der Waals surface area contributed by atoms with E-state index in [1.54, 1.807) is 4.90 Å². The first-order chi connectivity index (χ1) is 12.6. The molecule has 6 nitrogen and oxygen atoms in total. The molecular weight excluding hydrogens is 328 g/mol. The van der Waals surface area contributed by atoms with Crippen LogP contribution >= 0.6 is 0 Å². The molecule has 1 aromatic heterocycles. The molecule has 0 spiro atoms. The summed E-state index contributed by atoms with van der Waals surface area (Å²) < 4.78 is 1.90. The fourth-order valence-electron chi connectivity index (χ4n) is 3.48. The molecule has 2 heterocycles. The Labute approximate surface area is 154 Å². The Morgan fingerprint density at radius 3 is 2.77 bits per heavy atom. The largest absolute Gasteiger partial charge is 0.354 e. The third-order valence-electron chi connectivity index (χ3n) is 4.90. The van der Waals surface area contributed by atoms with E-state index in [9.17, 15) is 9.59 Å². The van der Waals surface area contributed by atoms with Gasteiger partial charge in [0.05, 0.1) is 11.4 Å². The zero-order valence-electron chi connectivity index (χ0n) is 15.4. The highest BCUT2D eigenvalue weighted by Crippen LogP contribution is 2.17. The smallest absolute Gasteiger partial charge is 0.242 e. The highest BCUT2D eigenvalue weighted by atomic mass is 16.2. The minimum absolute atomic E-state index is 0.0217. The van der Waals surface area contributed by atoms with Crippen LogP contribution in [0.4, 0.5) is 0 Å². The van der Waals surface area contributed by atoms with E-state index >= 15 is 0 Å². The Bertz CT molecular complexity index is 769. The lowest BCUT2D eigenvalue weighted by Gasteiger charge is -2.22. The van der Waals surface area contributed by atoms with E-state index in [0.29, 0.717) is 13.1 Å². The normalized spacial score (nSPS) is 16.7. The number of para-hydroxylation sites is 1. The maximum Gasteiger partial charge on any atom is 0.242 e. The molecule has 6 heteroatoms. The third kappa shape index (κ3) is 4.12. The van der Waals surface area contributed by atoms with Gasteiger partial charge in [-0.2, -0.15) is 5.10 Å². The predicted octanol–water partition coefficient (Wildman–Crippen LogP) is 2.24. The second-order valence-corrected chi connectivity index (χ2v) is 6.78. The molecule has 1 aliphatic heterocycles. The van der Waals surface area contributed by atoms with Gasteiger partial charge in [-0.05, 0) is 50.3 Å². The van der Waals surface area contributed by atoms with E-state index in [0.717, 1.165) is 37.1 Å². The number of benzene rings is 1. The molecule has 1 atom stereocenters. The summed E-state index contributed by atoms with van der Waals surface area (Å²) in [6, 6.07) is 9.73. The van der Waals surface area contributed by atoms with Crippen LogP contribution in [0.15, 0.2) is 36.5 Å². The van der Waals surface area contributed by atoms with E-state index in [2.05, 4.69) is 16.6 Å². The van der Waals surface area contributed by atoms with Crippen molar-refractivity contribution in [1.29, 1.82) is 0 Å². The predicted molar refractivity (Wildman–Crippen MR) is 100 cm³/mol. The number of aryl methyl sites for hydroxylation is 2. The molecule has 138 valence electrons. The first-order valence-electron chi connectivity index (χ1n) is 9.22. The number of carbonyl (C=O) groups is 2. The van der Waals surface area contributed by atoms with Crippen LogP contribution in [0.5, 0.6) is 0 Å². The highest BCUT2D eigenvalue weighted by Gasteiger charge is 2.31. The first-order valence-corrected chi connectivity index (χ1v) is 9.22. The number of aromatic nitrogens is 2. The van der Waals surface area contributed by atoms with Gasteiger partial charge in [0.25, 0.3) is 0 Å². The fourth-order valence-corrected chi connectivity index (χ4v) is 3.48. The van der Waals surface area contributed by atoms with E-state index in [4.69, 9.17) is 0 Å². The molecule has 1 aromatic carbocycles. The maximum absolute atomic E-state index is 12.3. The van der Waals surface area contributed by atoms with Crippen LogP contribution in [0.1, 0.15) is 37.4 Å². The number of nitrogens with zero attached hydrogens (tertiary/aromatic N) is 3. The SMILES string of the molecule is CC(=O)N1CCC[C@@H]1C(=O)NCCCc1cn(-c2ccccc2)nc1C. The monoisotopic (exact) mass is 354 g/mol. The van der Waals surface area contributed by atoms with Gasteiger partial charge in [0, 0.05) is 26.2 Å². The lowest BCUT2D eigenvalue weighted by atomic mass is 10.1. The molecule has 1 aliphatic rings. The summed E-state index contributed by atoms with van der Waals surface area (Å²) in [4.78, 5) is 25.5. The Hall–Kier alpha value is -2.63. The zero-order chi connectivity index (χ0) is 18.5. The summed E-state index contributed by atoms with van der Waals surface area (Å²) in [6.45, 7) is 4.83. The van der Waals surface area contributed by atoms with E-state index in [1.807, 2.05) is 41.9 Å². The van der Waals surface area contributed by atoms with Crippen LogP contribution in [0.3, 0.4) is 0 Å². The maximum atomic E-state index is 12.3. The lowest BCUT2D eigenvalue weighted by Crippen LogP contribution is -2.45. The van der Waals surface area contributed by atoms with Crippen LogP contribution in [-0.2, 0) is 16.0 Å². The van der Waals surface area contributed by atoms with Gasteiger partial charge < -0.3 is 10.2 Å². The van der Waals surface area contributed by atoms with Crippen molar-refractivity contribution >= 4 is 11.8 Å². The van der Waals surface area contributed by atoms with E-state index < -0.39 is 0 Å². The molecule has 0 saturated carbocycles. The summed E-state index contributed by atoms with van der Waals surface area (Å²) in [5.41, 5.74) is 3.24. The lowest BCUT2D eigenvalue weighted by molar-refractivity contribution is -0.136. The van der Waals surface area contributed by atoms with Gasteiger partial charge in [0.2, 0.25) is 11.8 Å². The van der Waals surface area contributed by atoms with Crippen molar-refractivity contribution in [3.05, 3.63) is 47.8 Å². The zero-order valence-corrected chi connectivity index (χ0v) is 15.4. The highest BCUT2D eigenvalue weighted by molar-refractivity contribution is 5.87. The summed E-state index contributed by atoms with van der Waals surface area (Å²) >= 11 is 0. The number of rotatable bonds is 6. The first kappa shape index (κ1) is 18.2. The number of carbonyl (C=O) groups excluding carboxylic acids is 2. The average Bonchev–Trinajstić information content (AvgIpc) is 3.26. The molecular formula is C20H26N4O2. The molecule has 0 aliphatic carbocycles. The van der Waals surface area contributed by atoms with Crippen molar-refractivity contribution < 1.29 is 9.59 Å². The number of hydrogen-bond donors (Lipinski definition) is 1. The van der Waals surface area contributed by atoms with Gasteiger partial charge in [-0.15, -0.1) is 0 Å². The quantitative estimate of drug-likeness (QED) is 0.809. The molecule has 26 heavy (non-hydrogen) atoms. The van der Waals surface area contributed by atoms with Crippen LogP contribution in [0, 0.1) is 6.92 Å². The van der Waals surface area contributed by atoms with Crippen molar-refractivity contribution in [2.45, 2.75) is 45.6 Å². The topological polar surface area (TPSA) is 67.2 Å². The van der Waals surface area contributed by atoms with Crippen LogP contribution in [0.2, 0.25) is 0 Å². The molecule has 1 saturated heterocycles. The van der Waals surface area contributed by atoms with Gasteiger partial charge >= 0.3 is 0 Å². The van der Waals surface area contributed by atoms with Gasteiger partial charge in [-0.25, -0.2) is 4.68 Å². The van der Waals surface area contributed by atoms with Gasteiger partial charge in [0.15, 0.2) is 0 Å². The summed E-state index contributed by atoms with van der Waals surface area (Å²) in [6.07, 6.45) is 5.42. The Kier molecular flexibility index (Phi) is 5.71. The molecule has 2 amide bonds. The van der Waals surface area contributed by atoms with Crippen molar-refractivity contribution in [2.75, 3.05) is 13.1 Å². The molecule has 3 rings (SSSR count). The van der Waals surface area contributed by atoms with Crippen LogP contribution in [0.25, 0.3) is 5.69 Å². The standard InChI is InChI=1S/C20H26N4O2/c1-15-17(14-24(22-15)18-9-4-3-5-10-18)8-6-12-21-20(26)19-11-7-13-23(19)16(2)25/h3-5,9-10,14,19H,6-8,11-13H2,1-2H3,(H,21,26)/t19-/m1/s1. The van der Waals surface area contributed by atoms with Crippen molar-refractivity contribution in [3.63, 3.8) is 0 Å². The second kappa shape index (κ2) is 8.17. The average molecular weight is 354 g/mol. The fraction of sp³-hybridized carbons (Fsp3) is 0.450. The van der Waals surface area contributed by atoms with Crippen LogP contribution < -0.4 is 5.32 Å². The summed E-state index contributed by atoms with van der Waals surface area (Å²) in [5.74, 6) is -0.0546. The van der Waals surface area contributed by atoms with Gasteiger partial charge in [0.1, 0.15) is 6.04 Å².